The van der Waals surface area contributed by atoms with Gasteiger partial charge in [-0.2, -0.15) is 0 Å². The highest BCUT2D eigenvalue weighted by atomic mass is 16.5. The fraction of sp³-hybridized carbons (Fsp3) is 0.333. The zero-order valence-corrected chi connectivity index (χ0v) is 11.8. The van der Waals surface area contributed by atoms with Gasteiger partial charge in [-0.25, -0.2) is 9.97 Å². The van der Waals surface area contributed by atoms with Gasteiger partial charge >= 0.3 is 6.01 Å². The van der Waals surface area contributed by atoms with Crippen LogP contribution in [0.15, 0.2) is 36.7 Å². The second-order valence-electron chi connectivity index (χ2n) is 4.33. The fourth-order valence-corrected chi connectivity index (χ4v) is 1.62. The molecular formula is C15H19N3O2. The van der Waals surface area contributed by atoms with Crippen LogP contribution < -0.4 is 14.8 Å². The molecule has 1 aromatic heterocycles. The van der Waals surface area contributed by atoms with Gasteiger partial charge in [-0.15, -0.1) is 0 Å². The maximum absolute atomic E-state index is 5.57. The zero-order valence-electron chi connectivity index (χ0n) is 11.8. The Kier molecular flexibility index (Phi) is 5.32. The van der Waals surface area contributed by atoms with Crippen LogP contribution in [0.3, 0.4) is 0 Å². The van der Waals surface area contributed by atoms with E-state index in [0.717, 1.165) is 30.9 Å². The third kappa shape index (κ3) is 4.20. The van der Waals surface area contributed by atoms with Gasteiger partial charge in [0.05, 0.1) is 6.61 Å². The summed E-state index contributed by atoms with van der Waals surface area (Å²) in [6.45, 7) is 3.53. The number of benzene rings is 1. The molecule has 20 heavy (non-hydrogen) atoms. The average Bonchev–Trinajstić information content (AvgIpc) is 2.49. The quantitative estimate of drug-likeness (QED) is 0.840. The highest BCUT2D eigenvalue weighted by Gasteiger charge is 2.01. The monoisotopic (exact) mass is 273 g/mol. The van der Waals surface area contributed by atoms with Gasteiger partial charge in [0, 0.05) is 24.5 Å². The molecule has 0 aliphatic rings. The second-order valence-corrected chi connectivity index (χ2v) is 4.33. The van der Waals surface area contributed by atoms with Crippen molar-refractivity contribution in [2.45, 2.75) is 19.9 Å². The van der Waals surface area contributed by atoms with Crippen molar-refractivity contribution in [1.29, 1.82) is 0 Å². The van der Waals surface area contributed by atoms with Gasteiger partial charge < -0.3 is 14.8 Å². The molecule has 0 aliphatic carbocycles. The molecule has 0 atom stereocenters. The van der Waals surface area contributed by atoms with Crippen molar-refractivity contribution in [3.8, 4) is 17.5 Å². The van der Waals surface area contributed by atoms with E-state index >= 15 is 0 Å². The zero-order chi connectivity index (χ0) is 14.2. The highest BCUT2D eigenvalue weighted by Crippen LogP contribution is 2.21. The lowest BCUT2D eigenvalue weighted by molar-refractivity contribution is 0.317. The number of ether oxygens (including phenoxy) is 2. The number of hydrogen-bond donors (Lipinski definition) is 1. The molecule has 106 valence electrons. The van der Waals surface area contributed by atoms with E-state index < -0.39 is 0 Å². The van der Waals surface area contributed by atoms with E-state index in [0.29, 0.717) is 11.8 Å². The van der Waals surface area contributed by atoms with Gasteiger partial charge in [0.25, 0.3) is 0 Å². The van der Waals surface area contributed by atoms with Crippen molar-refractivity contribution in [3.05, 3.63) is 42.2 Å². The molecule has 0 unspecified atom stereocenters. The van der Waals surface area contributed by atoms with Gasteiger partial charge in [0.1, 0.15) is 11.5 Å². The summed E-state index contributed by atoms with van der Waals surface area (Å²) in [7, 11) is 1.88. The first-order valence-corrected chi connectivity index (χ1v) is 6.68. The minimum absolute atomic E-state index is 0.340. The Labute approximate surface area is 119 Å². The Bertz CT molecular complexity index is 512. The van der Waals surface area contributed by atoms with Crippen LogP contribution in [0.2, 0.25) is 0 Å². The predicted molar refractivity (Wildman–Crippen MR) is 77.1 cm³/mol. The molecule has 0 radical (unpaired) electrons. The topological polar surface area (TPSA) is 56.3 Å². The number of aromatic nitrogens is 2. The molecule has 5 heteroatoms. The molecule has 0 bridgehead atoms. The first-order valence-electron chi connectivity index (χ1n) is 6.68. The third-order valence-corrected chi connectivity index (χ3v) is 2.57. The van der Waals surface area contributed by atoms with Crippen LogP contribution >= 0.6 is 0 Å². The lowest BCUT2D eigenvalue weighted by Crippen LogP contribution is -2.06. The summed E-state index contributed by atoms with van der Waals surface area (Å²) in [4.78, 5) is 8.32. The number of hydrogen-bond acceptors (Lipinski definition) is 5. The molecule has 0 fully saturated rings. The van der Waals surface area contributed by atoms with E-state index in [1.807, 2.05) is 31.3 Å². The van der Waals surface area contributed by atoms with Crippen LogP contribution in [0, 0.1) is 0 Å². The van der Waals surface area contributed by atoms with Gasteiger partial charge in [0.2, 0.25) is 0 Å². The van der Waals surface area contributed by atoms with E-state index in [-0.39, 0.29) is 0 Å². The Morgan fingerprint density at radius 1 is 1.05 bits per heavy atom. The smallest absolute Gasteiger partial charge is 0.321 e. The van der Waals surface area contributed by atoms with Crippen molar-refractivity contribution in [2.75, 3.05) is 13.7 Å². The van der Waals surface area contributed by atoms with Gasteiger partial charge in [-0.1, -0.05) is 6.92 Å². The van der Waals surface area contributed by atoms with Crippen molar-refractivity contribution in [2.24, 2.45) is 0 Å². The minimum atomic E-state index is 0.340. The van der Waals surface area contributed by atoms with Gasteiger partial charge in [-0.05, 0) is 37.7 Å². The van der Waals surface area contributed by atoms with Crippen molar-refractivity contribution >= 4 is 0 Å². The number of nitrogens with one attached hydrogen (secondary N) is 1. The van der Waals surface area contributed by atoms with Gasteiger partial charge in [0.15, 0.2) is 0 Å². The van der Waals surface area contributed by atoms with E-state index in [4.69, 9.17) is 9.47 Å². The maximum Gasteiger partial charge on any atom is 0.321 e. The summed E-state index contributed by atoms with van der Waals surface area (Å²) < 4.78 is 11.1. The Morgan fingerprint density at radius 2 is 1.70 bits per heavy atom. The molecule has 1 N–H and O–H groups in total. The molecule has 1 heterocycles. The first-order chi connectivity index (χ1) is 9.81. The van der Waals surface area contributed by atoms with Crippen LogP contribution in [-0.2, 0) is 6.54 Å². The standard InChI is InChI=1S/C15H19N3O2/c1-3-8-19-13-4-6-14(7-5-13)20-15-17-10-12(9-16-2)11-18-15/h4-7,10-11,16H,3,8-9H2,1-2H3. The minimum Gasteiger partial charge on any atom is -0.494 e. The maximum atomic E-state index is 5.57. The Morgan fingerprint density at radius 3 is 2.30 bits per heavy atom. The molecule has 0 saturated heterocycles. The van der Waals surface area contributed by atoms with Crippen LogP contribution in [0.4, 0.5) is 0 Å². The molecule has 0 spiro atoms. The summed E-state index contributed by atoms with van der Waals surface area (Å²) in [6.07, 6.45) is 4.49. The number of rotatable bonds is 7. The SMILES string of the molecule is CCCOc1ccc(Oc2ncc(CNC)cn2)cc1. The summed E-state index contributed by atoms with van der Waals surface area (Å²) in [6, 6.07) is 7.78. The highest BCUT2D eigenvalue weighted by molar-refractivity contribution is 5.32. The first kappa shape index (κ1) is 14.3. The lowest BCUT2D eigenvalue weighted by atomic mass is 10.3. The van der Waals surface area contributed by atoms with E-state index in [9.17, 15) is 0 Å². The largest absolute Gasteiger partial charge is 0.494 e. The third-order valence-electron chi connectivity index (χ3n) is 2.57. The fourth-order valence-electron chi connectivity index (χ4n) is 1.62. The summed E-state index contributed by atoms with van der Waals surface area (Å²) in [5.74, 6) is 1.53. The molecule has 1 aromatic carbocycles. The van der Waals surface area contributed by atoms with Crippen LogP contribution in [-0.4, -0.2) is 23.6 Å². The van der Waals surface area contributed by atoms with Crippen LogP contribution in [0.1, 0.15) is 18.9 Å². The number of nitrogens with zero attached hydrogens (tertiary/aromatic N) is 2. The Balaban J connectivity index is 1.95. The Hall–Kier alpha value is -2.14. The molecule has 0 saturated carbocycles. The predicted octanol–water partition coefficient (Wildman–Crippen LogP) is 2.78. The van der Waals surface area contributed by atoms with Crippen LogP contribution in [0.25, 0.3) is 0 Å². The molecule has 0 aliphatic heterocycles. The summed E-state index contributed by atoms with van der Waals surface area (Å²) in [5.41, 5.74) is 1.02. The van der Waals surface area contributed by atoms with Crippen molar-refractivity contribution < 1.29 is 9.47 Å². The molecule has 5 nitrogen and oxygen atoms in total. The van der Waals surface area contributed by atoms with Crippen molar-refractivity contribution in [1.82, 2.24) is 15.3 Å². The van der Waals surface area contributed by atoms with Crippen molar-refractivity contribution in [3.63, 3.8) is 0 Å². The van der Waals surface area contributed by atoms with E-state index in [1.165, 1.54) is 0 Å². The summed E-state index contributed by atoms with van der Waals surface area (Å²) >= 11 is 0. The molecule has 2 aromatic rings. The van der Waals surface area contributed by atoms with Gasteiger partial charge in [-0.3, -0.25) is 0 Å². The average molecular weight is 273 g/mol. The molecule has 2 rings (SSSR count). The van der Waals surface area contributed by atoms with Crippen LogP contribution in [0.5, 0.6) is 17.5 Å². The normalized spacial score (nSPS) is 10.3. The molecular weight excluding hydrogens is 254 g/mol. The van der Waals surface area contributed by atoms with E-state index in [1.54, 1.807) is 12.4 Å². The summed E-state index contributed by atoms with van der Waals surface area (Å²) in [5, 5.41) is 3.04. The lowest BCUT2D eigenvalue weighted by Gasteiger charge is -2.07. The van der Waals surface area contributed by atoms with E-state index in [2.05, 4.69) is 22.2 Å². The second kappa shape index (κ2) is 7.45. The molecule has 0 amide bonds.